The summed E-state index contributed by atoms with van der Waals surface area (Å²) < 4.78 is 1.78. The van der Waals surface area contributed by atoms with Crippen molar-refractivity contribution in [1.82, 2.24) is 10.6 Å². The Morgan fingerprint density at radius 1 is 1.32 bits per heavy atom. The van der Waals surface area contributed by atoms with Gasteiger partial charge < -0.3 is 15.7 Å². The van der Waals surface area contributed by atoms with Crippen LogP contribution in [0.2, 0.25) is 4.34 Å². The number of hydrogen-bond donors (Lipinski definition) is 3. The van der Waals surface area contributed by atoms with Crippen LogP contribution in [-0.4, -0.2) is 24.2 Å². The minimum absolute atomic E-state index is 0.386. The van der Waals surface area contributed by atoms with Gasteiger partial charge in [0.05, 0.1) is 14.7 Å². The zero-order valence-corrected chi connectivity index (χ0v) is 15.9. The van der Waals surface area contributed by atoms with Crippen molar-refractivity contribution in [3.8, 4) is 0 Å². The van der Waals surface area contributed by atoms with E-state index in [1.807, 2.05) is 25.1 Å². The van der Waals surface area contributed by atoms with Crippen LogP contribution in [0, 0.1) is 0 Å². The van der Waals surface area contributed by atoms with Crippen LogP contribution in [0.25, 0.3) is 0 Å². The topological polar surface area (TPSA) is 56.7 Å². The van der Waals surface area contributed by atoms with E-state index in [4.69, 9.17) is 11.6 Å². The fourth-order valence-corrected chi connectivity index (χ4v) is 4.19. The molecule has 1 unspecified atom stereocenters. The number of aliphatic hydroxyl groups excluding tert-OH is 1. The molecular weight excluding hydrogens is 406 g/mol. The molecule has 3 N–H and O–H groups in total. The summed E-state index contributed by atoms with van der Waals surface area (Å²) in [6.07, 6.45) is -0.600. The summed E-state index contributed by atoms with van der Waals surface area (Å²) in [5.41, 5.74) is 0. The minimum atomic E-state index is -0.600. The van der Waals surface area contributed by atoms with Gasteiger partial charge >= 0.3 is 0 Å². The average molecular weight is 423 g/mol. The maximum Gasteiger partial charge on any atom is 0.191 e. The Labute approximate surface area is 151 Å². The summed E-state index contributed by atoms with van der Waals surface area (Å²) in [5, 5.41) is 16.5. The zero-order chi connectivity index (χ0) is 15.9. The van der Waals surface area contributed by atoms with Gasteiger partial charge in [0.25, 0.3) is 0 Å². The molecule has 0 fully saturated rings. The molecule has 2 aromatic heterocycles. The minimum Gasteiger partial charge on any atom is -0.386 e. The molecule has 0 aliphatic heterocycles. The number of aliphatic hydroxyl groups is 1. The number of nitrogens with one attached hydrogen (secondary N) is 2. The van der Waals surface area contributed by atoms with E-state index in [-0.39, 0.29) is 0 Å². The summed E-state index contributed by atoms with van der Waals surface area (Å²) in [6, 6.07) is 7.69. The number of thiophene rings is 2. The van der Waals surface area contributed by atoms with E-state index in [1.54, 1.807) is 17.4 Å². The van der Waals surface area contributed by atoms with Crippen molar-refractivity contribution in [3.05, 3.63) is 42.1 Å². The number of guanidine groups is 1. The third-order valence-electron chi connectivity index (χ3n) is 2.75. The molecule has 2 rings (SSSR count). The molecule has 0 saturated heterocycles. The first-order valence-electron chi connectivity index (χ1n) is 6.78. The van der Waals surface area contributed by atoms with Gasteiger partial charge in [0.15, 0.2) is 5.96 Å². The Kier molecular flexibility index (Phi) is 7.17. The lowest BCUT2D eigenvalue weighted by Gasteiger charge is -2.14. The highest BCUT2D eigenvalue weighted by Crippen LogP contribution is 2.26. The molecule has 2 heterocycles. The third kappa shape index (κ3) is 5.55. The standard InChI is InChI=1S/C14H17BrClN3OS2/c1-2-17-14(18-7-9-3-5-12(15)21-9)19-8-10(20)11-4-6-13(16)22-11/h3-6,10,20H,2,7-8H2,1H3,(H2,17,18,19). The molecule has 8 heteroatoms. The monoisotopic (exact) mass is 421 g/mol. The highest BCUT2D eigenvalue weighted by Gasteiger charge is 2.11. The van der Waals surface area contributed by atoms with Crippen molar-refractivity contribution in [2.45, 2.75) is 19.6 Å². The van der Waals surface area contributed by atoms with Gasteiger partial charge in [0.2, 0.25) is 0 Å². The predicted octanol–water partition coefficient (Wildman–Crippen LogP) is 4.01. The molecule has 0 saturated carbocycles. The quantitative estimate of drug-likeness (QED) is 0.487. The number of halogens is 2. The molecule has 22 heavy (non-hydrogen) atoms. The van der Waals surface area contributed by atoms with E-state index >= 15 is 0 Å². The highest BCUT2D eigenvalue weighted by molar-refractivity contribution is 9.11. The normalized spacial score (nSPS) is 13.2. The van der Waals surface area contributed by atoms with Crippen molar-refractivity contribution < 1.29 is 5.11 Å². The lowest BCUT2D eigenvalue weighted by Crippen LogP contribution is -2.39. The van der Waals surface area contributed by atoms with Crippen molar-refractivity contribution in [3.63, 3.8) is 0 Å². The van der Waals surface area contributed by atoms with E-state index in [0.717, 1.165) is 15.2 Å². The lowest BCUT2D eigenvalue weighted by atomic mass is 10.3. The highest BCUT2D eigenvalue weighted by atomic mass is 79.9. The fourth-order valence-electron chi connectivity index (χ4n) is 1.74. The molecule has 0 spiro atoms. The Morgan fingerprint density at radius 3 is 2.73 bits per heavy atom. The van der Waals surface area contributed by atoms with Crippen LogP contribution in [0.3, 0.4) is 0 Å². The summed E-state index contributed by atoms with van der Waals surface area (Å²) >= 11 is 12.4. The largest absolute Gasteiger partial charge is 0.386 e. The van der Waals surface area contributed by atoms with E-state index in [2.05, 4.69) is 31.6 Å². The molecule has 0 aliphatic carbocycles. The molecule has 0 amide bonds. The van der Waals surface area contributed by atoms with Crippen LogP contribution in [0.5, 0.6) is 0 Å². The Balaban J connectivity index is 1.90. The zero-order valence-electron chi connectivity index (χ0n) is 12.0. The molecule has 4 nitrogen and oxygen atoms in total. The van der Waals surface area contributed by atoms with Crippen LogP contribution >= 0.6 is 50.2 Å². The average Bonchev–Trinajstić information content (AvgIpc) is 3.10. The van der Waals surface area contributed by atoms with Crippen LogP contribution < -0.4 is 10.6 Å². The van der Waals surface area contributed by atoms with Gasteiger partial charge in [0, 0.05) is 22.8 Å². The van der Waals surface area contributed by atoms with Crippen LogP contribution in [0.15, 0.2) is 33.0 Å². The second-order valence-corrected chi connectivity index (χ2v) is 8.73. The Hall–Kier alpha value is -0.600. The van der Waals surface area contributed by atoms with E-state index in [9.17, 15) is 5.11 Å². The summed E-state index contributed by atoms with van der Waals surface area (Å²) in [7, 11) is 0. The molecule has 0 radical (unpaired) electrons. The van der Waals surface area contributed by atoms with Gasteiger partial charge in [-0.2, -0.15) is 0 Å². The maximum atomic E-state index is 10.1. The SMILES string of the molecule is CCNC(=NCc1ccc(Br)s1)NCC(O)c1ccc(Cl)s1. The summed E-state index contributed by atoms with van der Waals surface area (Å²) in [5.74, 6) is 0.689. The maximum absolute atomic E-state index is 10.1. The number of aliphatic imine (C=N–C) groups is 1. The van der Waals surface area contributed by atoms with Crippen molar-refractivity contribution >= 4 is 56.2 Å². The fraction of sp³-hybridized carbons (Fsp3) is 0.357. The van der Waals surface area contributed by atoms with Crippen LogP contribution in [0.4, 0.5) is 0 Å². The summed E-state index contributed by atoms with van der Waals surface area (Å²) in [4.78, 5) is 6.54. The Morgan fingerprint density at radius 2 is 2.14 bits per heavy atom. The van der Waals surface area contributed by atoms with Crippen molar-refractivity contribution in [2.75, 3.05) is 13.1 Å². The summed E-state index contributed by atoms with van der Waals surface area (Å²) in [6.45, 7) is 3.76. The van der Waals surface area contributed by atoms with Crippen LogP contribution in [-0.2, 0) is 6.54 Å². The molecule has 0 bridgehead atoms. The van der Waals surface area contributed by atoms with Gasteiger partial charge in [-0.05, 0) is 47.1 Å². The van der Waals surface area contributed by atoms with Gasteiger partial charge in [-0.1, -0.05) is 11.6 Å². The molecule has 0 aliphatic rings. The van der Waals surface area contributed by atoms with Gasteiger partial charge in [0.1, 0.15) is 6.10 Å². The van der Waals surface area contributed by atoms with E-state index in [0.29, 0.717) is 23.4 Å². The smallest absolute Gasteiger partial charge is 0.191 e. The molecular formula is C14H17BrClN3OS2. The van der Waals surface area contributed by atoms with Gasteiger partial charge in [-0.3, -0.25) is 0 Å². The van der Waals surface area contributed by atoms with E-state index < -0.39 is 6.10 Å². The van der Waals surface area contributed by atoms with Gasteiger partial charge in [-0.25, -0.2) is 4.99 Å². The molecule has 1 atom stereocenters. The Bertz CT molecular complexity index is 629. The number of rotatable bonds is 6. The molecule has 120 valence electrons. The molecule has 0 aromatic carbocycles. The number of hydrogen-bond acceptors (Lipinski definition) is 4. The second-order valence-electron chi connectivity index (χ2n) is 4.44. The van der Waals surface area contributed by atoms with Crippen LogP contribution in [0.1, 0.15) is 22.8 Å². The van der Waals surface area contributed by atoms with E-state index in [1.165, 1.54) is 16.2 Å². The number of nitrogens with zero attached hydrogens (tertiary/aromatic N) is 1. The van der Waals surface area contributed by atoms with Crippen molar-refractivity contribution in [1.29, 1.82) is 0 Å². The first-order chi connectivity index (χ1) is 10.6. The molecule has 2 aromatic rings. The second kappa shape index (κ2) is 8.88. The van der Waals surface area contributed by atoms with Gasteiger partial charge in [-0.15, -0.1) is 22.7 Å². The first-order valence-corrected chi connectivity index (χ1v) is 9.58. The predicted molar refractivity (Wildman–Crippen MR) is 99.1 cm³/mol. The third-order valence-corrected chi connectivity index (χ3v) is 5.69. The lowest BCUT2D eigenvalue weighted by molar-refractivity contribution is 0.184. The first kappa shape index (κ1) is 17.7. The van der Waals surface area contributed by atoms with Crippen molar-refractivity contribution in [2.24, 2.45) is 4.99 Å².